The van der Waals surface area contributed by atoms with Crippen molar-refractivity contribution in [3.63, 3.8) is 0 Å². The number of aromatic nitrogens is 1. The highest BCUT2D eigenvalue weighted by Gasteiger charge is 2.40. The molecule has 0 aliphatic carbocycles. The first-order valence-corrected chi connectivity index (χ1v) is 7.31. The standard InChI is InChI=1S/C15H22N2O5/c1-14(2,3)11-8-10(17-22-11)12(18)16-9-15(13(19)20)4-6-21-7-5-15/h8H,4-7,9H2,1-3H3,(H,16,18)(H,19,20). The molecule has 1 saturated heterocycles. The number of carbonyl (C=O) groups excluding carboxylic acids is 1. The highest BCUT2D eigenvalue weighted by molar-refractivity contribution is 5.92. The van der Waals surface area contributed by atoms with Gasteiger partial charge in [-0.15, -0.1) is 0 Å². The van der Waals surface area contributed by atoms with Crippen molar-refractivity contribution in [1.82, 2.24) is 10.5 Å². The Balaban J connectivity index is 2.02. The Hall–Kier alpha value is -1.89. The smallest absolute Gasteiger partial charge is 0.311 e. The Bertz CT molecular complexity index is 553. The van der Waals surface area contributed by atoms with Gasteiger partial charge in [0.25, 0.3) is 5.91 Å². The molecular formula is C15H22N2O5. The minimum Gasteiger partial charge on any atom is -0.481 e. The number of amides is 1. The summed E-state index contributed by atoms with van der Waals surface area (Å²) in [6, 6.07) is 1.59. The van der Waals surface area contributed by atoms with Gasteiger partial charge in [-0.3, -0.25) is 9.59 Å². The van der Waals surface area contributed by atoms with Crippen molar-refractivity contribution >= 4 is 11.9 Å². The van der Waals surface area contributed by atoms with E-state index in [9.17, 15) is 14.7 Å². The fraction of sp³-hybridized carbons (Fsp3) is 0.667. The summed E-state index contributed by atoms with van der Waals surface area (Å²) in [4.78, 5) is 23.7. The number of hydrogen-bond acceptors (Lipinski definition) is 5. The molecule has 1 amide bonds. The lowest BCUT2D eigenvalue weighted by Crippen LogP contribution is -2.46. The number of carboxylic acid groups (broad SMARTS) is 1. The summed E-state index contributed by atoms with van der Waals surface area (Å²) < 4.78 is 10.4. The first-order chi connectivity index (χ1) is 10.2. The second-order valence-corrected chi connectivity index (χ2v) is 6.71. The van der Waals surface area contributed by atoms with Gasteiger partial charge in [-0.1, -0.05) is 25.9 Å². The van der Waals surface area contributed by atoms with Crippen LogP contribution >= 0.6 is 0 Å². The van der Waals surface area contributed by atoms with E-state index in [1.54, 1.807) is 6.07 Å². The van der Waals surface area contributed by atoms with Crippen molar-refractivity contribution < 1.29 is 24.0 Å². The summed E-state index contributed by atoms with van der Waals surface area (Å²) in [5.74, 6) is -0.727. The Labute approximate surface area is 129 Å². The molecule has 0 atom stereocenters. The fourth-order valence-corrected chi connectivity index (χ4v) is 2.30. The summed E-state index contributed by atoms with van der Waals surface area (Å²) in [6.07, 6.45) is 0.767. The van der Waals surface area contributed by atoms with E-state index < -0.39 is 17.3 Å². The highest BCUT2D eigenvalue weighted by atomic mass is 16.5. The zero-order valence-electron chi connectivity index (χ0n) is 13.1. The zero-order valence-corrected chi connectivity index (χ0v) is 13.1. The van der Waals surface area contributed by atoms with Gasteiger partial charge in [-0.05, 0) is 12.8 Å². The lowest BCUT2D eigenvalue weighted by atomic mass is 9.80. The van der Waals surface area contributed by atoms with Gasteiger partial charge in [0.1, 0.15) is 5.76 Å². The topological polar surface area (TPSA) is 102 Å². The Morgan fingerprint density at radius 1 is 1.36 bits per heavy atom. The molecule has 2 N–H and O–H groups in total. The van der Waals surface area contributed by atoms with E-state index in [1.807, 2.05) is 20.8 Å². The van der Waals surface area contributed by atoms with Crippen LogP contribution in [0.5, 0.6) is 0 Å². The number of hydrogen-bond donors (Lipinski definition) is 2. The lowest BCUT2D eigenvalue weighted by molar-refractivity contribution is -0.154. The average Bonchev–Trinajstić information content (AvgIpc) is 2.95. The quantitative estimate of drug-likeness (QED) is 0.875. The molecule has 122 valence electrons. The van der Waals surface area contributed by atoms with E-state index in [-0.39, 0.29) is 17.7 Å². The van der Waals surface area contributed by atoms with Crippen molar-refractivity contribution in [3.05, 3.63) is 17.5 Å². The van der Waals surface area contributed by atoms with Crippen molar-refractivity contribution in [2.75, 3.05) is 19.8 Å². The summed E-state index contributed by atoms with van der Waals surface area (Å²) in [7, 11) is 0. The molecule has 1 aromatic heterocycles. The van der Waals surface area contributed by atoms with E-state index in [0.717, 1.165) is 0 Å². The minimum atomic E-state index is -0.968. The maximum Gasteiger partial charge on any atom is 0.311 e. The molecule has 1 aliphatic rings. The van der Waals surface area contributed by atoms with Gasteiger partial charge in [0.05, 0.1) is 5.41 Å². The zero-order chi connectivity index (χ0) is 16.4. The number of rotatable bonds is 4. The van der Waals surface area contributed by atoms with Crippen molar-refractivity contribution in [1.29, 1.82) is 0 Å². The Morgan fingerprint density at radius 2 is 2.00 bits per heavy atom. The normalized spacial score (nSPS) is 18.0. The van der Waals surface area contributed by atoms with Crippen LogP contribution in [-0.4, -0.2) is 41.9 Å². The third kappa shape index (κ3) is 3.47. The van der Waals surface area contributed by atoms with Crippen LogP contribution in [0.3, 0.4) is 0 Å². The van der Waals surface area contributed by atoms with Crippen LogP contribution in [0.25, 0.3) is 0 Å². The third-order valence-corrected chi connectivity index (χ3v) is 3.97. The van der Waals surface area contributed by atoms with Crippen LogP contribution in [0.1, 0.15) is 49.9 Å². The molecule has 1 fully saturated rings. The van der Waals surface area contributed by atoms with Crippen molar-refractivity contribution in [2.45, 2.75) is 39.0 Å². The van der Waals surface area contributed by atoms with Crippen LogP contribution in [0.4, 0.5) is 0 Å². The molecule has 2 heterocycles. The van der Waals surface area contributed by atoms with Gasteiger partial charge in [-0.25, -0.2) is 0 Å². The molecule has 22 heavy (non-hydrogen) atoms. The monoisotopic (exact) mass is 310 g/mol. The van der Waals surface area contributed by atoms with Crippen molar-refractivity contribution in [2.24, 2.45) is 5.41 Å². The summed E-state index contributed by atoms with van der Waals surface area (Å²) in [6.45, 7) is 6.70. The summed E-state index contributed by atoms with van der Waals surface area (Å²) in [5.41, 5.74) is -1.04. The molecule has 0 radical (unpaired) electrons. The highest BCUT2D eigenvalue weighted by Crippen LogP contribution is 2.30. The fourth-order valence-electron chi connectivity index (χ4n) is 2.30. The van der Waals surface area contributed by atoms with Crippen LogP contribution in [0.2, 0.25) is 0 Å². The maximum absolute atomic E-state index is 12.1. The van der Waals surface area contributed by atoms with Crippen molar-refractivity contribution in [3.8, 4) is 0 Å². The van der Waals surface area contributed by atoms with Crippen LogP contribution in [0, 0.1) is 5.41 Å². The molecule has 0 bridgehead atoms. The minimum absolute atomic E-state index is 0.0578. The SMILES string of the molecule is CC(C)(C)c1cc(C(=O)NCC2(C(=O)O)CCOCC2)no1. The lowest BCUT2D eigenvalue weighted by Gasteiger charge is -2.32. The van der Waals surface area contributed by atoms with Gasteiger partial charge in [-0.2, -0.15) is 0 Å². The second kappa shape index (κ2) is 6.08. The van der Waals surface area contributed by atoms with E-state index >= 15 is 0 Å². The summed E-state index contributed by atoms with van der Waals surface area (Å²) >= 11 is 0. The van der Waals surface area contributed by atoms with E-state index in [1.165, 1.54) is 0 Å². The molecule has 0 unspecified atom stereocenters. The van der Waals surface area contributed by atoms with E-state index in [2.05, 4.69) is 10.5 Å². The average molecular weight is 310 g/mol. The first-order valence-electron chi connectivity index (χ1n) is 7.31. The van der Waals surface area contributed by atoms with E-state index in [0.29, 0.717) is 31.8 Å². The second-order valence-electron chi connectivity index (χ2n) is 6.71. The number of carboxylic acids is 1. The molecule has 7 heteroatoms. The number of nitrogens with zero attached hydrogens (tertiary/aromatic N) is 1. The van der Waals surface area contributed by atoms with Gasteiger partial charge in [0.2, 0.25) is 0 Å². The molecular weight excluding hydrogens is 288 g/mol. The number of ether oxygens (including phenoxy) is 1. The Kier molecular flexibility index (Phi) is 4.55. The Morgan fingerprint density at radius 3 is 2.50 bits per heavy atom. The van der Waals surface area contributed by atoms with Crippen LogP contribution < -0.4 is 5.32 Å². The van der Waals surface area contributed by atoms with Gasteiger partial charge < -0.3 is 19.7 Å². The molecule has 0 saturated carbocycles. The van der Waals surface area contributed by atoms with Gasteiger partial charge >= 0.3 is 5.97 Å². The third-order valence-electron chi connectivity index (χ3n) is 3.97. The largest absolute Gasteiger partial charge is 0.481 e. The number of carbonyl (C=O) groups is 2. The van der Waals surface area contributed by atoms with Gasteiger partial charge in [0.15, 0.2) is 5.69 Å². The molecule has 1 aliphatic heterocycles. The number of aliphatic carboxylic acids is 1. The van der Waals surface area contributed by atoms with Gasteiger partial charge in [0, 0.05) is 31.2 Å². The molecule has 1 aromatic rings. The summed E-state index contributed by atoms with van der Waals surface area (Å²) in [5, 5.41) is 15.9. The molecule has 0 spiro atoms. The molecule has 2 rings (SSSR count). The predicted molar refractivity (Wildman–Crippen MR) is 77.7 cm³/mol. The predicted octanol–water partition coefficient (Wildman–Crippen LogP) is 1.58. The molecule has 7 nitrogen and oxygen atoms in total. The first kappa shape index (κ1) is 16.5. The van der Waals surface area contributed by atoms with Crippen LogP contribution in [-0.2, 0) is 14.9 Å². The van der Waals surface area contributed by atoms with E-state index in [4.69, 9.17) is 9.26 Å². The van der Waals surface area contributed by atoms with Crippen LogP contribution in [0.15, 0.2) is 10.6 Å². The maximum atomic E-state index is 12.1. The number of nitrogens with one attached hydrogen (secondary N) is 1. The molecule has 0 aromatic carbocycles.